The zero-order valence-corrected chi connectivity index (χ0v) is 13.0. The molecule has 7 heteroatoms. The number of rotatable bonds is 9. The lowest BCUT2D eigenvalue weighted by atomic mass is 10.2. The molecular formula is C13H20ClNO4S. The van der Waals surface area contributed by atoms with E-state index in [4.69, 9.17) is 21.4 Å². The molecule has 0 aliphatic carbocycles. The molecule has 1 unspecified atom stereocenters. The third kappa shape index (κ3) is 5.38. The molecule has 0 aliphatic heterocycles. The second kappa shape index (κ2) is 8.59. The maximum absolute atomic E-state index is 12.2. The minimum Gasteiger partial charge on any atom is -0.396 e. The third-order valence-corrected chi connectivity index (χ3v) is 4.51. The van der Waals surface area contributed by atoms with E-state index in [-0.39, 0.29) is 18.1 Å². The maximum atomic E-state index is 12.2. The number of ether oxygens (including phenoxy) is 1. The van der Waals surface area contributed by atoms with Gasteiger partial charge in [-0.1, -0.05) is 12.1 Å². The lowest BCUT2D eigenvalue weighted by molar-refractivity contribution is 0.158. The summed E-state index contributed by atoms with van der Waals surface area (Å²) in [4.78, 5) is 0.190. The Morgan fingerprint density at radius 2 is 2.00 bits per heavy atom. The molecule has 0 heterocycles. The van der Waals surface area contributed by atoms with Crippen LogP contribution in [0.2, 0.25) is 0 Å². The summed E-state index contributed by atoms with van der Waals surface area (Å²) >= 11 is 5.64. The van der Waals surface area contributed by atoms with Gasteiger partial charge in [-0.05, 0) is 30.5 Å². The number of aryl methyl sites for hydroxylation is 1. The van der Waals surface area contributed by atoms with Crippen LogP contribution in [0.25, 0.3) is 0 Å². The average molecular weight is 322 g/mol. The zero-order valence-electron chi connectivity index (χ0n) is 11.4. The zero-order chi connectivity index (χ0) is 15.0. The number of benzene rings is 1. The van der Waals surface area contributed by atoms with Crippen molar-refractivity contribution in [1.82, 2.24) is 4.72 Å². The Hall–Kier alpha value is -0.660. The molecule has 1 aromatic rings. The first-order chi connectivity index (χ1) is 9.53. The van der Waals surface area contributed by atoms with E-state index in [0.29, 0.717) is 18.7 Å². The van der Waals surface area contributed by atoms with E-state index in [0.717, 1.165) is 5.56 Å². The molecule has 0 aliphatic rings. The van der Waals surface area contributed by atoms with E-state index in [2.05, 4.69) is 4.72 Å². The molecule has 0 saturated carbocycles. The van der Waals surface area contributed by atoms with Gasteiger partial charge < -0.3 is 9.84 Å². The quantitative estimate of drug-likeness (QED) is 0.669. The van der Waals surface area contributed by atoms with Crippen LogP contribution in [0.4, 0.5) is 0 Å². The topological polar surface area (TPSA) is 75.6 Å². The summed E-state index contributed by atoms with van der Waals surface area (Å²) < 4.78 is 31.8. The number of alkyl halides is 1. The highest BCUT2D eigenvalue weighted by molar-refractivity contribution is 7.89. The number of nitrogens with one attached hydrogen (secondary N) is 1. The molecule has 0 bridgehead atoms. The monoisotopic (exact) mass is 321 g/mol. The molecule has 5 nitrogen and oxygen atoms in total. The molecule has 1 atom stereocenters. The van der Waals surface area contributed by atoms with Crippen molar-refractivity contribution in [2.75, 3.05) is 26.2 Å². The van der Waals surface area contributed by atoms with Crippen LogP contribution < -0.4 is 4.72 Å². The minimum atomic E-state index is -3.61. The largest absolute Gasteiger partial charge is 0.396 e. The van der Waals surface area contributed by atoms with Crippen molar-refractivity contribution in [3.05, 3.63) is 29.8 Å². The van der Waals surface area contributed by atoms with Crippen LogP contribution in [0, 0.1) is 0 Å². The molecule has 0 saturated heterocycles. The van der Waals surface area contributed by atoms with Gasteiger partial charge in [0.25, 0.3) is 0 Å². The van der Waals surface area contributed by atoms with Crippen molar-refractivity contribution >= 4 is 21.6 Å². The van der Waals surface area contributed by atoms with Crippen molar-refractivity contribution in [3.63, 3.8) is 0 Å². The standard InChI is InChI=1S/C13H20ClNO4S/c1-19-10-12(7-9-16)15-20(17,18)13-4-2-11(3-5-13)6-8-14/h2-5,12,15-16H,6-10H2,1H3. The predicted molar refractivity (Wildman–Crippen MR) is 78.6 cm³/mol. The van der Waals surface area contributed by atoms with Gasteiger partial charge in [-0.25, -0.2) is 13.1 Å². The van der Waals surface area contributed by atoms with Crippen LogP contribution in [0.5, 0.6) is 0 Å². The van der Waals surface area contributed by atoms with Crippen LogP contribution in [0.3, 0.4) is 0 Å². The van der Waals surface area contributed by atoms with Gasteiger partial charge in [-0.15, -0.1) is 11.6 Å². The highest BCUT2D eigenvalue weighted by Gasteiger charge is 2.19. The lowest BCUT2D eigenvalue weighted by Gasteiger charge is -2.17. The summed E-state index contributed by atoms with van der Waals surface area (Å²) in [5.74, 6) is 0.497. The number of methoxy groups -OCH3 is 1. The molecule has 2 N–H and O–H groups in total. The first-order valence-electron chi connectivity index (χ1n) is 6.30. The normalized spacial score (nSPS) is 13.3. The highest BCUT2D eigenvalue weighted by atomic mass is 35.5. The first kappa shape index (κ1) is 17.4. The van der Waals surface area contributed by atoms with Crippen molar-refractivity contribution < 1.29 is 18.3 Å². The molecule has 20 heavy (non-hydrogen) atoms. The molecular weight excluding hydrogens is 302 g/mol. The van der Waals surface area contributed by atoms with Crippen molar-refractivity contribution in [2.24, 2.45) is 0 Å². The Morgan fingerprint density at radius 1 is 1.35 bits per heavy atom. The van der Waals surface area contributed by atoms with Crippen LogP contribution >= 0.6 is 11.6 Å². The minimum absolute atomic E-state index is 0.106. The Labute approximate surface area is 125 Å². The summed E-state index contributed by atoms with van der Waals surface area (Å²) in [6, 6.07) is 6.14. The van der Waals surface area contributed by atoms with E-state index >= 15 is 0 Å². The fourth-order valence-corrected chi connectivity index (χ4v) is 3.24. The predicted octanol–water partition coefficient (Wildman–Crippen LogP) is 1.14. The Balaban J connectivity index is 2.80. The van der Waals surface area contributed by atoms with E-state index < -0.39 is 16.1 Å². The molecule has 114 valence electrons. The van der Waals surface area contributed by atoms with Crippen molar-refractivity contribution in [3.8, 4) is 0 Å². The van der Waals surface area contributed by atoms with E-state index in [1.807, 2.05) is 0 Å². The van der Waals surface area contributed by atoms with Gasteiger partial charge in [0.2, 0.25) is 10.0 Å². The van der Waals surface area contributed by atoms with Crippen molar-refractivity contribution in [2.45, 2.75) is 23.8 Å². The molecule has 0 fully saturated rings. The van der Waals surface area contributed by atoms with Gasteiger partial charge in [0.05, 0.1) is 11.5 Å². The molecule has 0 spiro atoms. The fraction of sp³-hybridized carbons (Fsp3) is 0.538. The van der Waals surface area contributed by atoms with Gasteiger partial charge in [0.1, 0.15) is 0 Å². The summed E-state index contributed by atoms with van der Waals surface area (Å²) in [5.41, 5.74) is 0.989. The SMILES string of the molecule is COCC(CCO)NS(=O)(=O)c1ccc(CCCl)cc1. The number of hydrogen-bond acceptors (Lipinski definition) is 4. The summed E-state index contributed by atoms with van der Waals surface area (Å²) in [7, 11) is -2.12. The first-order valence-corrected chi connectivity index (χ1v) is 8.32. The van der Waals surface area contributed by atoms with E-state index in [1.54, 1.807) is 24.3 Å². The second-order valence-corrected chi connectivity index (χ2v) is 6.46. The maximum Gasteiger partial charge on any atom is 0.240 e. The molecule has 1 aromatic carbocycles. The second-order valence-electron chi connectivity index (χ2n) is 4.37. The highest BCUT2D eigenvalue weighted by Crippen LogP contribution is 2.12. The third-order valence-electron chi connectivity index (χ3n) is 2.78. The van der Waals surface area contributed by atoms with Gasteiger partial charge >= 0.3 is 0 Å². The van der Waals surface area contributed by atoms with Gasteiger partial charge in [0.15, 0.2) is 0 Å². The molecule has 0 radical (unpaired) electrons. The lowest BCUT2D eigenvalue weighted by Crippen LogP contribution is -2.38. The Kier molecular flexibility index (Phi) is 7.47. The van der Waals surface area contributed by atoms with Crippen LogP contribution in [-0.2, 0) is 21.2 Å². The smallest absolute Gasteiger partial charge is 0.240 e. The van der Waals surface area contributed by atoms with E-state index in [9.17, 15) is 8.42 Å². The number of aliphatic hydroxyl groups excluding tert-OH is 1. The Morgan fingerprint density at radius 3 is 2.50 bits per heavy atom. The van der Waals surface area contributed by atoms with Gasteiger partial charge in [0, 0.05) is 25.6 Å². The number of hydrogen-bond donors (Lipinski definition) is 2. The Bertz CT molecular complexity index is 484. The van der Waals surface area contributed by atoms with Gasteiger partial charge in [-0.2, -0.15) is 0 Å². The summed E-state index contributed by atoms with van der Waals surface area (Å²) in [5, 5.41) is 8.92. The van der Waals surface area contributed by atoms with Crippen LogP contribution in [-0.4, -0.2) is 45.8 Å². The van der Waals surface area contributed by atoms with Crippen LogP contribution in [0.15, 0.2) is 29.2 Å². The fourth-order valence-electron chi connectivity index (χ4n) is 1.77. The summed E-state index contributed by atoms with van der Waals surface area (Å²) in [6.07, 6.45) is 1.00. The number of sulfonamides is 1. The van der Waals surface area contributed by atoms with Crippen LogP contribution in [0.1, 0.15) is 12.0 Å². The molecule has 0 aromatic heterocycles. The number of aliphatic hydroxyl groups is 1. The number of halogens is 1. The molecule has 1 rings (SSSR count). The van der Waals surface area contributed by atoms with Crippen molar-refractivity contribution in [1.29, 1.82) is 0 Å². The van der Waals surface area contributed by atoms with Gasteiger partial charge in [-0.3, -0.25) is 0 Å². The average Bonchev–Trinajstić information content (AvgIpc) is 2.40. The van der Waals surface area contributed by atoms with E-state index in [1.165, 1.54) is 7.11 Å². The summed E-state index contributed by atoms with van der Waals surface area (Å²) in [6.45, 7) is 0.106. The molecule has 0 amide bonds.